The standard InChI is InChI=1S/C18H30N2O/c1-3-12-20(15-17-8-10-19-11-9-17)13-14-21-18-6-4-16(2)5-7-18/h4-7,17,19H,3,8-15H2,1-2H3. The predicted molar refractivity (Wildman–Crippen MR) is 89.0 cm³/mol. The lowest BCUT2D eigenvalue weighted by Crippen LogP contribution is -2.38. The first-order chi connectivity index (χ1) is 10.3. The third-order valence-corrected chi connectivity index (χ3v) is 4.21. The Hall–Kier alpha value is -1.06. The van der Waals surface area contributed by atoms with Crippen LogP contribution in [0, 0.1) is 12.8 Å². The summed E-state index contributed by atoms with van der Waals surface area (Å²) < 4.78 is 5.87. The Morgan fingerprint density at radius 2 is 1.86 bits per heavy atom. The van der Waals surface area contributed by atoms with Gasteiger partial charge in [0.25, 0.3) is 0 Å². The maximum absolute atomic E-state index is 5.87. The van der Waals surface area contributed by atoms with E-state index in [0.717, 1.165) is 24.8 Å². The first-order valence-corrected chi connectivity index (χ1v) is 8.40. The normalized spacial score (nSPS) is 16.3. The van der Waals surface area contributed by atoms with Gasteiger partial charge in [0.2, 0.25) is 0 Å². The molecule has 1 N–H and O–H groups in total. The molecular weight excluding hydrogens is 260 g/mol. The van der Waals surface area contributed by atoms with E-state index in [9.17, 15) is 0 Å². The summed E-state index contributed by atoms with van der Waals surface area (Å²) in [5.41, 5.74) is 1.28. The molecule has 21 heavy (non-hydrogen) atoms. The van der Waals surface area contributed by atoms with E-state index in [-0.39, 0.29) is 0 Å². The van der Waals surface area contributed by atoms with E-state index in [4.69, 9.17) is 4.74 Å². The SMILES string of the molecule is CCCN(CCOc1ccc(C)cc1)CC1CCNCC1. The summed E-state index contributed by atoms with van der Waals surface area (Å²) >= 11 is 0. The van der Waals surface area contributed by atoms with Gasteiger partial charge >= 0.3 is 0 Å². The molecule has 0 unspecified atom stereocenters. The molecule has 3 heteroatoms. The minimum Gasteiger partial charge on any atom is -0.492 e. The molecule has 0 amide bonds. The average molecular weight is 290 g/mol. The second kappa shape index (κ2) is 9.06. The van der Waals surface area contributed by atoms with Crippen molar-refractivity contribution < 1.29 is 4.74 Å². The summed E-state index contributed by atoms with van der Waals surface area (Å²) in [6, 6.07) is 8.33. The predicted octanol–water partition coefficient (Wildman–Crippen LogP) is 3.09. The minimum absolute atomic E-state index is 0.786. The number of aryl methyl sites for hydroxylation is 1. The van der Waals surface area contributed by atoms with Gasteiger partial charge in [0.15, 0.2) is 0 Å². The second-order valence-electron chi connectivity index (χ2n) is 6.16. The van der Waals surface area contributed by atoms with Crippen LogP contribution < -0.4 is 10.1 Å². The van der Waals surface area contributed by atoms with Gasteiger partial charge in [-0.3, -0.25) is 4.90 Å². The Kier molecular flexibility index (Phi) is 7.04. The molecule has 0 saturated carbocycles. The number of hydrogen-bond acceptors (Lipinski definition) is 3. The molecule has 0 aromatic heterocycles. The van der Waals surface area contributed by atoms with Crippen LogP contribution in [0.1, 0.15) is 31.7 Å². The number of nitrogens with zero attached hydrogens (tertiary/aromatic N) is 1. The van der Waals surface area contributed by atoms with Crippen LogP contribution in [0.15, 0.2) is 24.3 Å². The van der Waals surface area contributed by atoms with Crippen molar-refractivity contribution in [1.29, 1.82) is 0 Å². The van der Waals surface area contributed by atoms with Gasteiger partial charge in [-0.25, -0.2) is 0 Å². The number of rotatable bonds is 8. The molecule has 1 heterocycles. The molecule has 0 spiro atoms. The van der Waals surface area contributed by atoms with E-state index in [1.165, 1.54) is 51.0 Å². The maximum atomic E-state index is 5.87. The highest BCUT2D eigenvalue weighted by Crippen LogP contribution is 2.14. The molecule has 2 rings (SSSR count). The lowest BCUT2D eigenvalue weighted by Gasteiger charge is -2.29. The van der Waals surface area contributed by atoms with Crippen molar-refractivity contribution in [3.63, 3.8) is 0 Å². The smallest absolute Gasteiger partial charge is 0.119 e. The molecule has 0 bridgehead atoms. The van der Waals surface area contributed by atoms with E-state index in [1.54, 1.807) is 0 Å². The third kappa shape index (κ3) is 6.06. The van der Waals surface area contributed by atoms with Gasteiger partial charge in [0, 0.05) is 13.1 Å². The minimum atomic E-state index is 0.786. The molecule has 1 aromatic rings. The summed E-state index contributed by atoms with van der Waals surface area (Å²) in [5, 5.41) is 3.45. The first kappa shape index (κ1) is 16.3. The molecule has 0 atom stereocenters. The Bertz CT molecular complexity index is 385. The van der Waals surface area contributed by atoms with Crippen molar-refractivity contribution in [3.8, 4) is 5.75 Å². The summed E-state index contributed by atoms with van der Waals surface area (Å²) in [4.78, 5) is 2.57. The van der Waals surface area contributed by atoms with Crippen LogP contribution in [-0.4, -0.2) is 44.2 Å². The van der Waals surface area contributed by atoms with Crippen LogP contribution >= 0.6 is 0 Å². The van der Waals surface area contributed by atoms with Crippen LogP contribution in [0.3, 0.4) is 0 Å². The van der Waals surface area contributed by atoms with Crippen LogP contribution in [0.2, 0.25) is 0 Å². The quantitative estimate of drug-likeness (QED) is 0.796. The van der Waals surface area contributed by atoms with Crippen LogP contribution in [-0.2, 0) is 0 Å². The Labute approximate surface area is 129 Å². The Morgan fingerprint density at radius 1 is 1.14 bits per heavy atom. The molecule has 1 fully saturated rings. The third-order valence-electron chi connectivity index (χ3n) is 4.21. The lowest BCUT2D eigenvalue weighted by atomic mass is 9.97. The van der Waals surface area contributed by atoms with Gasteiger partial charge in [0.1, 0.15) is 12.4 Å². The zero-order valence-electron chi connectivity index (χ0n) is 13.6. The molecule has 3 nitrogen and oxygen atoms in total. The highest BCUT2D eigenvalue weighted by Gasteiger charge is 2.16. The summed E-state index contributed by atoms with van der Waals surface area (Å²) in [6.07, 6.45) is 3.85. The van der Waals surface area contributed by atoms with Crippen molar-refractivity contribution >= 4 is 0 Å². The number of benzene rings is 1. The van der Waals surface area contributed by atoms with E-state index in [0.29, 0.717) is 0 Å². The van der Waals surface area contributed by atoms with Crippen molar-refractivity contribution in [2.75, 3.05) is 39.3 Å². The van der Waals surface area contributed by atoms with Crippen molar-refractivity contribution in [1.82, 2.24) is 10.2 Å². The van der Waals surface area contributed by atoms with E-state index in [1.807, 2.05) is 0 Å². The monoisotopic (exact) mass is 290 g/mol. The molecule has 0 radical (unpaired) electrons. The van der Waals surface area contributed by atoms with Crippen LogP contribution in [0.4, 0.5) is 0 Å². The summed E-state index contributed by atoms with van der Waals surface area (Å²) in [6.45, 7) is 11.0. The zero-order chi connectivity index (χ0) is 14.9. The lowest BCUT2D eigenvalue weighted by molar-refractivity contribution is 0.171. The van der Waals surface area contributed by atoms with E-state index >= 15 is 0 Å². The number of hydrogen-bond donors (Lipinski definition) is 1. The highest BCUT2D eigenvalue weighted by molar-refractivity contribution is 5.26. The van der Waals surface area contributed by atoms with E-state index < -0.39 is 0 Å². The van der Waals surface area contributed by atoms with Gasteiger partial charge in [-0.2, -0.15) is 0 Å². The number of piperidine rings is 1. The van der Waals surface area contributed by atoms with Gasteiger partial charge in [-0.15, -0.1) is 0 Å². The van der Waals surface area contributed by atoms with Crippen molar-refractivity contribution in [2.45, 2.75) is 33.1 Å². The fourth-order valence-corrected chi connectivity index (χ4v) is 2.97. The Balaban J connectivity index is 1.72. The number of ether oxygens (including phenoxy) is 1. The van der Waals surface area contributed by atoms with Crippen LogP contribution in [0.25, 0.3) is 0 Å². The molecule has 1 aliphatic rings. The zero-order valence-corrected chi connectivity index (χ0v) is 13.6. The average Bonchev–Trinajstić information content (AvgIpc) is 2.50. The molecule has 1 aliphatic heterocycles. The maximum Gasteiger partial charge on any atom is 0.119 e. The molecule has 118 valence electrons. The molecular formula is C18H30N2O. The highest BCUT2D eigenvalue weighted by atomic mass is 16.5. The van der Waals surface area contributed by atoms with Crippen molar-refractivity contribution in [3.05, 3.63) is 29.8 Å². The van der Waals surface area contributed by atoms with E-state index in [2.05, 4.69) is 48.3 Å². The Morgan fingerprint density at radius 3 is 2.52 bits per heavy atom. The summed E-state index contributed by atoms with van der Waals surface area (Å²) in [5.74, 6) is 1.84. The molecule has 0 aliphatic carbocycles. The molecule has 1 aromatic carbocycles. The van der Waals surface area contributed by atoms with Gasteiger partial charge in [0.05, 0.1) is 0 Å². The first-order valence-electron chi connectivity index (χ1n) is 8.40. The van der Waals surface area contributed by atoms with Gasteiger partial charge in [-0.1, -0.05) is 24.6 Å². The van der Waals surface area contributed by atoms with Crippen LogP contribution in [0.5, 0.6) is 5.75 Å². The summed E-state index contributed by atoms with van der Waals surface area (Å²) in [7, 11) is 0. The van der Waals surface area contributed by atoms with Crippen molar-refractivity contribution in [2.24, 2.45) is 5.92 Å². The van der Waals surface area contributed by atoms with Gasteiger partial charge in [-0.05, 0) is 63.9 Å². The fraction of sp³-hybridized carbons (Fsp3) is 0.667. The molecule has 1 saturated heterocycles. The largest absolute Gasteiger partial charge is 0.492 e. The fourth-order valence-electron chi connectivity index (χ4n) is 2.97. The topological polar surface area (TPSA) is 24.5 Å². The van der Waals surface area contributed by atoms with Gasteiger partial charge < -0.3 is 10.1 Å². The second-order valence-corrected chi connectivity index (χ2v) is 6.16. The number of nitrogens with one attached hydrogen (secondary N) is 1.